The van der Waals surface area contributed by atoms with Gasteiger partial charge in [0.2, 0.25) is 10.0 Å². The van der Waals surface area contributed by atoms with E-state index in [1.54, 1.807) is 12.1 Å². The number of hydrogen-bond donors (Lipinski definition) is 1. The van der Waals surface area contributed by atoms with Crippen LogP contribution in [-0.4, -0.2) is 8.42 Å². The van der Waals surface area contributed by atoms with E-state index in [4.69, 9.17) is 0 Å². The van der Waals surface area contributed by atoms with Crippen LogP contribution in [0.2, 0.25) is 0 Å². The molecule has 0 spiro atoms. The van der Waals surface area contributed by atoms with Crippen LogP contribution in [0.25, 0.3) is 17.2 Å². The summed E-state index contributed by atoms with van der Waals surface area (Å²) in [6, 6.07) is 22.9. The molecule has 152 valence electrons. The molecule has 0 saturated carbocycles. The van der Waals surface area contributed by atoms with Gasteiger partial charge in [0, 0.05) is 0 Å². The van der Waals surface area contributed by atoms with Crippen molar-refractivity contribution in [3.05, 3.63) is 95.1 Å². The summed E-state index contributed by atoms with van der Waals surface area (Å²) in [6.07, 6.45) is 2.90. The van der Waals surface area contributed by atoms with Gasteiger partial charge in [0.05, 0.1) is 10.9 Å². The van der Waals surface area contributed by atoms with Gasteiger partial charge in [0.1, 0.15) is 0 Å². The van der Waals surface area contributed by atoms with Crippen molar-refractivity contribution in [2.24, 2.45) is 0 Å². The Morgan fingerprint density at radius 3 is 2.20 bits per heavy atom. The summed E-state index contributed by atoms with van der Waals surface area (Å²) in [7, 11) is -3.64. The van der Waals surface area contributed by atoms with Crippen LogP contribution in [0.15, 0.2) is 83.3 Å². The van der Waals surface area contributed by atoms with Crippen LogP contribution in [0.1, 0.15) is 36.1 Å². The molecule has 30 heavy (non-hydrogen) atoms. The smallest absolute Gasteiger partial charge is 1.00 e. The molecular weight excluding hydrogens is 491 g/mol. The van der Waals surface area contributed by atoms with Gasteiger partial charge in [0.25, 0.3) is 0 Å². The van der Waals surface area contributed by atoms with Crippen molar-refractivity contribution < 1.29 is 53.5 Å². The maximum absolute atomic E-state index is 13.1. The van der Waals surface area contributed by atoms with E-state index in [-0.39, 0.29) is 51.2 Å². The van der Waals surface area contributed by atoms with E-state index in [0.29, 0.717) is 4.90 Å². The molecule has 6 heteroatoms. The Bertz CT molecular complexity index is 1140. The molecule has 0 saturated heterocycles. The van der Waals surface area contributed by atoms with Crippen molar-refractivity contribution in [1.29, 1.82) is 0 Å². The standard InChI is InChI=1S/C24H23NO2S.ClH.Y/c1-3-18-16-20-10-7-11-22(19-8-5-4-6-9-19)23(20)24(18)25-28(26,27)21-14-12-17(2)13-15-21;;/h4-16,24-25H,3H2,1-2H3;1H;/q;;+1/p-1. The summed E-state index contributed by atoms with van der Waals surface area (Å²) in [5, 5.41) is 0. The molecule has 0 bridgehead atoms. The van der Waals surface area contributed by atoms with Gasteiger partial charge in [-0.25, -0.2) is 8.42 Å². The normalized spacial score (nSPS) is 14.9. The summed E-state index contributed by atoms with van der Waals surface area (Å²) in [6.45, 7) is 4.01. The quantitative estimate of drug-likeness (QED) is 0.570. The van der Waals surface area contributed by atoms with E-state index < -0.39 is 10.0 Å². The van der Waals surface area contributed by atoms with Crippen molar-refractivity contribution in [2.75, 3.05) is 0 Å². The fourth-order valence-corrected chi connectivity index (χ4v) is 4.96. The molecule has 1 atom stereocenters. The third-order valence-corrected chi connectivity index (χ3v) is 6.68. The van der Waals surface area contributed by atoms with E-state index >= 15 is 0 Å². The fraction of sp³-hybridized carbons (Fsp3) is 0.167. The fourth-order valence-electron chi connectivity index (χ4n) is 3.75. The van der Waals surface area contributed by atoms with E-state index in [9.17, 15) is 8.42 Å². The minimum atomic E-state index is -3.64. The van der Waals surface area contributed by atoms with Crippen LogP contribution in [0.3, 0.4) is 0 Å². The number of aryl methyl sites for hydroxylation is 1. The Hall–Kier alpha value is -1.30. The van der Waals surface area contributed by atoms with Gasteiger partial charge in [-0.15, -0.1) is 0 Å². The van der Waals surface area contributed by atoms with Crippen LogP contribution in [0.4, 0.5) is 0 Å². The zero-order chi connectivity index (χ0) is 19.7. The number of sulfonamides is 1. The van der Waals surface area contributed by atoms with Gasteiger partial charge >= 0.3 is 32.7 Å². The SMILES string of the molecule is CCC1=Cc2cccc(-c3ccccc3)c2C1NS(=O)(=O)c1ccc(C)cc1.[Cl-].[Y+]. The van der Waals surface area contributed by atoms with E-state index in [2.05, 4.69) is 42.0 Å². The Morgan fingerprint density at radius 1 is 0.900 bits per heavy atom. The summed E-state index contributed by atoms with van der Waals surface area (Å²) >= 11 is 0. The maximum Gasteiger partial charge on any atom is 1.00 e. The molecule has 0 heterocycles. The molecule has 0 radical (unpaired) electrons. The Labute approximate surface area is 210 Å². The topological polar surface area (TPSA) is 46.2 Å². The molecule has 0 fully saturated rings. The number of fused-ring (bicyclic) bond motifs is 1. The molecule has 3 aromatic rings. The third-order valence-electron chi connectivity index (χ3n) is 5.24. The predicted octanol–water partition coefficient (Wildman–Crippen LogP) is 2.49. The van der Waals surface area contributed by atoms with Crippen molar-refractivity contribution in [3.8, 4) is 11.1 Å². The maximum atomic E-state index is 13.1. The zero-order valence-corrected chi connectivity index (χ0v) is 21.4. The molecule has 0 aromatic heterocycles. The van der Waals surface area contributed by atoms with Crippen molar-refractivity contribution in [3.63, 3.8) is 0 Å². The van der Waals surface area contributed by atoms with Crippen LogP contribution < -0.4 is 17.1 Å². The minimum Gasteiger partial charge on any atom is -1.00 e. The van der Waals surface area contributed by atoms with Crippen LogP contribution in [0.5, 0.6) is 0 Å². The third kappa shape index (κ3) is 4.95. The predicted molar refractivity (Wildman–Crippen MR) is 114 cm³/mol. The molecule has 1 aliphatic carbocycles. The largest absolute Gasteiger partial charge is 1.00 e. The van der Waals surface area contributed by atoms with Gasteiger partial charge in [0.15, 0.2) is 0 Å². The molecule has 1 N–H and O–H groups in total. The number of halogens is 1. The van der Waals surface area contributed by atoms with Gasteiger partial charge < -0.3 is 12.4 Å². The molecule has 0 aliphatic heterocycles. The average molecular weight is 514 g/mol. The van der Waals surface area contributed by atoms with Gasteiger partial charge in [-0.3, -0.25) is 0 Å². The summed E-state index contributed by atoms with van der Waals surface area (Å²) in [4.78, 5) is 0.291. The van der Waals surface area contributed by atoms with Gasteiger partial charge in [-0.05, 0) is 53.3 Å². The molecule has 0 amide bonds. The summed E-state index contributed by atoms with van der Waals surface area (Å²) in [5.74, 6) is 0. The van der Waals surface area contributed by atoms with Gasteiger partial charge in [-0.1, -0.05) is 79.2 Å². The average Bonchev–Trinajstić information content (AvgIpc) is 3.06. The Kier molecular flexibility index (Phi) is 8.61. The number of hydrogen-bond acceptors (Lipinski definition) is 2. The minimum absolute atomic E-state index is 0. The molecule has 1 unspecified atom stereocenters. The van der Waals surface area contributed by atoms with Crippen molar-refractivity contribution in [1.82, 2.24) is 4.72 Å². The second kappa shape index (κ2) is 10.3. The summed E-state index contributed by atoms with van der Waals surface area (Å²) in [5.41, 5.74) is 6.37. The Balaban J connectivity index is 0.00000160. The first-order chi connectivity index (χ1) is 13.5. The first kappa shape index (κ1) is 25.0. The van der Waals surface area contributed by atoms with E-state index in [0.717, 1.165) is 39.8 Å². The molecule has 3 aromatic carbocycles. The van der Waals surface area contributed by atoms with E-state index in [1.165, 1.54) is 0 Å². The zero-order valence-electron chi connectivity index (χ0n) is 17.0. The first-order valence-electron chi connectivity index (χ1n) is 9.47. The number of benzene rings is 3. The van der Waals surface area contributed by atoms with Crippen molar-refractivity contribution in [2.45, 2.75) is 31.2 Å². The molecule has 1 aliphatic rings. The monoisotopic (exact) mass is 513 g/mol. The van der Waals surface area contributed by atoms with Gasteiger partial charge in [-0.2, -0.15) is 4.72 Å². The number of rotatable bonds is 5. The van der Waals surface area contributed by atoms with Crippen LogP contribution >= 0.6 is 0 Å². The first-order valence-corrected chi connectivity index (χ1v) is 11.0. The summed E-state index contributed by atoms with van der Waals surface area (Å²) < 4.78 is 29.1. The second-order valence-electron chi connectivity index (χ2n) is 7.11. The van der Waals surface area contributed by atoms with Crippen LogP contribution in [-0.2, 0) is 42.7 Å². The Morgan fingerprint density at radius 2 is 1.57 bits per heavy atom. The second-order valence-corrected chi connectivity index (χ2v) is 8.83. The molecular formula is C24H23ClNO2SY. The van der Waals surface area contributed by atoms with Crippen LogP contribution in [0, 0.1) is 6.92 Å². The molecule has 3 nitrogen and oxygen atoms in total. The van der Waals surface area contributed by atoms with E-state index in [1.807, 2.05) is 43.3 Å². The number of nitrogens with one attached hydrogen (secondary N) is 1. The van der Waals surface area contributed by atoms with Crippen molar-refractivity contribution >= 4 is 16.1 Å². The molecule has 4 rings (SSSR count).